The molecule has 114 valence electrons. The number of hydrogen-bond acceptors (Lipinski definition) is 2. The van der Waals surface area contributed by atoms with E-state index in [0.29, 0.717) is 0 Å². The third-order valence-corrected chi connectivity index (χ3v) is 6.94. The molecule has 2 atom stereocenters. The van der Waals surface area contributed by atoms with Crippen molar-refractivity contribution in [1.82, 2.24) is 5.32 Å². The highest BCUT2D eigenvalue weighted by Gasteiger charge is 2.31. The maximum absolute atomic E-state index is 3.82. The van der Waals surface area contributed by atoms with Crippen LogP contribution in [0.4, 0.5) is 0 Å². The highest BCUT2D eigenvalue weighted by molar-refractivity contribution is 8.00. The zero-order valence-electron chi connectivity index (χ0n) is 12.9. The first-order valence-corrected chi connectivity index (χ1v) is 9.74. The van der Waals surface area contributed by atoms with Crippen molar-refractivity contribution in [2.45, 2.75) is 67.6 Å². The Balaban J connectivity index is 1.37. The van der Waals surface area contributed by atoms with Crippen molar-refractivity contribution in [2.24, 2.45) is 11.8 Å². The first-order chi connectivity index (χ1) is 10.4. The molecule has 0 bridgehead atoms. The van der Waals surface area contributed by atoms with Crippen LogP contribution in [0.2, 0.25) is 0 Å². The fourth-order valence-electron chi connectivity index (χ4n) is 4.20. The summed E-state index contributed by atoms with van der Waals surface area (Å²) < 4.78 is 0. The molecule has 2 unspecified atom stereocenters. The van der Waals surface area contributed by atoms with Gasteiger partial charge in [-0.2, -0.15) is 0 Å². The Hall–Kier alpha value is -0.470. The minimum absolute atomic E-state index is 0.828. The van der Waals surface area contributed by atoms with Crippen molar-refractivity contribution in [1.29, 1.82) is 0 Å². The molecule has 1 aromatic rings. The average Bonchev–Trinajstić information content (AvgIpc) is 3.02. The van der Waals surface area contributed by atoms with Gasteiger partial charge < -0.3 is 5.32 Å². The van der Waals surface area contributed by atoms with Gasteiger partial charge in [-0.05, 0) is 55.7 Å². The van der Waals surface area contributed by atoms with E-state index in [-0.39, 0.29) is 0 Å². The highest BCUT2D eigenvalue weighted by Crippen LogP contribution is 2.42. The molecule has 1 N–H and O–H groups in total. The summed E-state index contributed by atoms with van der Waals surface area (Å²) in [5.41, 5.74) is 1.59. The van der Waals surface area contributed by atoms with Gasteiger partial charge in [0.1, 0.15) is 0 Å². The molecule has 2 aliphatic carbocycles. The lowest BCUT2D eigenvalue weighted by atomic mass is 9.86. The monoisotopic (exact) mass is 301 g/mol. The molecule has 0 amide bonds. The van der Waals surface area contributed by atoms with Crippen molar-refractivity contribution in [3.8, 4) is 0 Å². The van der Waals surface area contributed by atoms with Crippen LogP contribution in [-0.2, 0) is 6.42 Å². The quantitative estimate of drug-likeness (QED) is 0.820. The van der Waals surface area contributed by atoms with Gasteiger partial charge in [0.25, 0.3) is 0 Å². The Morgan fingerprint density at radius 2 is 1.90 bits per heavy atom. The molecule has 2 fully saturated rings. The molecule has 1 aromatic carbocycles. The maximum atomic E-state index is 3.82. The average molecular weight is 301 g/mol. The van der Waals surface area contributed by atoms with E-state index in [4.69, 9.17) is 0 Å². The summed E-state index contributed by atoms with van der Waals surface area (Å²) in [5, 5.41) is 4.65. The first kappa shape index (κ1) is 14.1. The van der Waals surface area contributed by atoms with Crippen LogP contribution >= 0.6 is 11.8 Å². The molecule has 0 spiro atoms. The van der Waals surface area contributed by atoms with Crippen molar-refractivity contribution in [3.05, 3.63) is 29.8 Å². The number of rotatable bonds is 6. The smallest absolute Gasteiger partial charge is 0.0138 e. The van der Waals surface area contributed by atoms with Gasteiger partial charge in [-0.3, -0.25) is 0 Å². The zero-order valence-corrected chi connectivity index (χ0v) is 13.7. The highest BCUT2D eigenvalue weighted by atomic mass is 32.2. The molecule has 0 saturated heterocycles. The van der Waals surface area contributed by atoms with E-state index in [1.807, 2.05) is 0 Å². The summed E-state index contributed by atoms with van der Waals surface area (Å²) in [7, 11) is 0. The number of thioether (sulfide) groups is 1. The van der Waals surface area contributed by atoms with Gasteiger partial charge in [-0.25, -0.2) is 0 Å². The SMILES string of the molecule is c1ccc2c(c1)CC(CC(CNC1CC1)C1CCCC1)S2. The molecular formula is C19H27NS. The normalized spacial score (nSPS) is 27.0. The topological polar surface area (TPSA) is 12.0 Å². The molecule has 0 radical (unpaired) electrons. The third kappa shape index (κ3) is 3.48. The molecule has 2 heteroatoms. The Kier molecular flexibility index (Phi) is 4.27. The van der Waals surface area contributed by atoms with E-state index in [2.05, 4.69) is 41.3 Å². The summed E-state index contributed by atoms with van der Waals surface area (Å²) in [6.07, 6.45) is 11.5. The second-order valence-electron chi connectivity index (χ2n) is 7.27. The van der Waals surface area contributed by atoms with Crippen molar-refractivity contribution in [3.63, 3.8) is 0 Å². The molecule has 21 heavy (non-hydrogen) atoms. The lowest BCUT2D eigenvalue weighted by Gasteiger charge is -2.26. The van der Waals surface area contributed by atoms with Gasteiger partial charge in [-0.1, -0.05) is 43.9 Å². The summed E-state index contributed by atoms with van der Waals surface area (Å²) in [6.45, 7) is 1.28. The van der Waals surface area contributed by atoms with Crippen molar-refractivity contribution in [2.75, 3.05) is 6.54 Å². The number of nitrogens with one attached hydrogen (secondary N) is 1. The lowest BCUT2D eigenvalue weighted by molar-refractivity contribution is 0.301. The molecule has 1 aliphatic heterocycles. The second kappa shape index (κ2) is 6.34. The van der Waals surface area contributed by atoms with E-state index < -0.39 is 0 Å². The van der Waals surface area contributed by atoms with Gasteiger partial charge in [0.2, 0.25) is 0 Å². The predicted octanol–water partition coefficient (Wildman–Crippen LogP) is 4.65. The lowest BCUT2D eigenvalue weighted by Crippen LogP contribution is -2.31. The van der Waals surface area contributed by atoms with Crippen molar-refractivity contribution < 1.29 is 0 Å². The molecule has 1 nitrogen and oxygen atoms in total. The Labute approximate surface area is 133 Å². The Morgan fingerprint density at radius 3 is 2.67 bits per heavy atom. The van der Waals surface area contributed by atoms with E-state index >= 15 is 0 Å². The van der Waals surface area contributed by atoms with Crippen LogP contribution in [0.25, 0.3) is 0 Å². The van der Waals surface area contributed by atoms with Gasteiger partial charge >= 0.3 is 0 Å². The third-order valence-electron chi connectivity index (χ3n) is 5.59. The molecule has 1 heterocycles. The van der Waals surface area contributed by atoms with Crippen molar-refractivity contribution >= 4 is 11.8 Å². The molecule has 0 aromatic heterocycles. The summed E-state index contributed by atoms with van der Waals surface area (Å²) in [5.74, 6) is 1.92. The van der Waals surface area contributed by atoms with Crippen LogP contribution in [0.15, 0.2) is 29.2 Å². The van der Waals surface area contributed by atoms with E-state index in [1.54, 1.807) is 10.5 Å². The van der Waals surface area contributed by atoms with Gasteiger partial charge in [0.15, 0.2) is 0 Å². The molecule has 2 saturated carbocycles. The van der Waals surface area contributed by atoms with Gasteiger partial charge in [0.05, 0.1) is 0 Å². The summed E-state index contributed by atoms with van der Waals surface area (Å²) in [4.78, 5) is 1.54. The van der Waals surface area contributed by atoms with Crippen LogP contribution in [0, 0.1) is 11.8 Å². The summed E-state index contributed by atoms with van der Waals surface area (Å²) in [6, 6.07) is 9.90. The minimum Gasteiger partial charge on any atom is -0.314 e. The van der Waals surface area contributed by atoms with Crippen LogP contribution in [0.3, 0.4) is 0 Å². The molecule has 4 rings (SSSR count). The maximum Gasteiger partial charge on any atom is 0.0138 e. The molecule has 3 aliphatic rings. The number of benzene rings is 1. The fraction of sp³-hybridized carbons (Fsp3) is 0.684. The molecular weight excluding hydrogens is 274 g/mol. The van der Waals surface area contributed by atoms with Crippen LogP contribution in [0.1, 0.15) is 50.5 Å². The standard InChI is InChI=1S/C19H27NS/c1-2-6-14(5-1)16(13-20-17-9-10-17)12-18-11-15-7-3-4-8-19(15)21-18/h3-4,7-8,14,16-18,20H,1-2,5-6,9-13H2. The fourth-order valence-corrected chi connectivity index (χ4v) is 5.63. The van der Waals surface area contributed by atoms with Gasteiger partial charge in [0, 0.05) is 16.2 Å². The predicted molar refractivity (Wildman–Crippen MR) is 90.9 cm³/mol. The number of hydrogen-bond donors (Lipinski definition) is 1. The first-order valence-electron chi connectivity index (χ1n) is 8.86. The van der Waals surface area contributed by atoms with E-state index in [9.17, 15) is 0 Å². The van der Waals surface area contributed by atoms with Crippen LogP contribution < -0.4 is 5.32 Å². The minimum atomic E-state index is 0.828. The van der Waals surface area contributed by atoms with E-state index in [1.165, 1.54) is 57.9 Å². The Bertz CT molecular complexity index is 451. The van der Waals surface area contributed by atoms with Crippen LogP contribution in [-0.4, -0.2) is 17.8 Å². The Morgan fingerprint density at radius 1 is 1.10 bits per heavy atom. The largest absolute Gasteiger partial charge is 0.314 e. The zero-order chi connectivity index (χ0) is 14.1. The number of fused-ring (bicyclic) bond motifs is 1. The van der Waals surface area contributed by atoms with Gasteiger partial charge in [-0.15, -0.1) is 11.8 Å². The summed E-state index contributed by atoms with van der Waals surface area (Å²) >= 11 is 2.15. The van der Waals surface area contributed by atoms with Crippen LogP contribution in [0.5, 0.6) is 0 Å². The second-order valence-corrected chi connectivity index (χ2v) is 8.62. The van der Waals surface area contributed by atoms with E-state index in [0.717, 1.165) is 23.1 Å².